The average molecular weight is 391 g/mol. The summed E-state index contributed by atoms with van der Waals surface area (Å²) in [4.78, 5) is 20.0. The molecule has 1 saturated heterocycles. The molecule has 138 valence electrons. The number of rotatable bonds is 4. The SMILES string of the molecule is Cc1ccc(Sc2ncccc2C(=O)N(C)C2CCS(=O)(=O)C2)c(C)c1. The van der Waals surface area contributed by atoms with E-state index in [-0.39, 0.29) is 23.5 Å². The van der Waals surface area contributed by atoms with Crippen LogP contribution in [-0.4, -0.2) is 48.8 Å². The van der Waals surface area contributed by atoms with Gasteiger partial charge in [0.25, 0.3) is 5.91 Å². The van der Waals surface area contributed by atoms with Crippen molar-refractivity contribution in [1.29, 1.82) is 0 Å². The first kappa shape index (κ1) is 18.9. The van der Waals surface area contributed by atoms with Crippen LogP contribution in [0.2, 0.25) is 0 Å². The van der Waals surface area contributed by atoms with E-state index in [0.29, 0.717) is 17.0 Å². The highest BCUT2D eigenvalue weighted by Gasteiger charge is 2.33. The predicted molar refractivity (Wildman–Crippen MR) is 103 cm³/mol. The fourth-order valence-electron chi connectivity index (χ4n) is 3.09. The molecule has 2 aromatic rings. The standard InChI is InChI=1S/C19H22N2O3S2/c1-13-6-7-17(14(2)11-13)25-18-16(5-4-9-20-18)19(22)21(3)15-8-10-26(23,24)12-15/h4-7,9,11,15H,8,10,12H2,1-3H3. The highest BCUT2D eigenvalue weighted by molar-refractivity contribution is 7.99. The number of benzene rings is 1. The predicted octanol–water partition coefficient (Wildman–Crippen LogP) is 3.11. The van der Waals surface area contributed by atoms with Crippen LogP contribution in [0.5, 0.6) is 0 Å². The summed E-state index contributed by atoms with van der Waals surface area (Å²) in [6, 6.07) is 9.38. The van der Waals surface area contributed by atoms with E-state index in [0.717, 1.165) is 10.5 Å². The molecule has 1 atom stereocenters. The maximum atomic E-state index is 13.0. The Balaban J connectivity index is 1.85. The normalized spacial score (nSPS) is 18.7. The van der Waals surface area contributed by atoms with Crippen LogP contribution in [-0.2, 0) is 9.84 Å². The average Bonchev–Trinajstić information content (AvgIpc) is 2.96. The molecule has 3 rings (SSSR count). The van der Waals surface area contributed by atoms with Gasteiger partial charge in [-0.05, 0) is 44.0 Å². The summed E-state index contributed by atoms with van der Waals surface area (Å²) in [5.41, 5.74) is 2.82. The highest BCUT2D eigenvalue weighted by atomic mass is 32.2. The molecule has 26 heavy (non-hydrogen) atoms. The number of pyridine rings is 1. The van der Waals surface area contributed by atoms with Crippen LogP contribution in [0.3, 0.4) is 0 Å². The molecule has 5 nitrogen and oxygen atoms in total. The largest absolute Gasteiger partial charge is 0.338 e. The van der Waals surface area contributed by atoms with Gasteiger partial charge in [0.2, 0.25) is 0 Å². The van der Waals surface area contributed by atoms with Gasteiger partial charge in [0.1, 0.15) is 5.03 Å². The number of aryl methyl sites for hydroxylation is 2. The van der Waals surface area contributed by atoms with Gasteiger partial charge >= 0.3 is 0 Å². The lowest BCUT2D eigenvalue weighted by atomic mass is 10.2. The minimum Gasteiger partial charge on any atom is -0.338 e. The van der Waals surface area contributed by atoms with Gasteiger partial charge in [-0.25, -0.2) is 13.4 Å². The lowest BCUT2D eigenvalue weighted by molar-refractivity contribution is 0.0743. The second-order valence-corrected chi connectivity index (χ2v) is 9.96. The van der Waals surface area contributed by atoms with Gasteiger partial charge in [0.05, 0.1) is 17.1 Å². The number of amides is 1. The number of carbonyl (C=O) groups excluding carboxylic acids is 1. The number of nitrogens with zero attached hydrogens (tertiary/aromatic N) is 2. The second-order valence-electron chi connectivity index (χ2n) is 6.70. The molecule has 1 aliphatic rings. The van der Waals surface area contributed by atoms with E-state index >= 15 is 0 Å². The zero-order valence-electron chi connectivity index (χ0n) is 15.1. The van der Waals surface area contributed by atoms with Gasteiger partial charge in [0.15, 0.2) is 9.84 Å². The zero-order chi connectivity index (χ0) is 18.9. The van der Waals surface area contributed by atoms with Crippen molar-refractivity contribution in [3.63, 3.8) is 0 Å². The molecule has 1 aromatic heterocycles. The lowest BCUT2D eigenvalue weighted by Crippen LogP contribution is -2.38. The van der Waals surface area contributed by atoms with Gasteiger partial charge in [0, 0.05) is 24.2 Å². The number of aromatic nitrogens is 1. The molecule has 7 heteroatoms. The molecule has 1 fully saturated rings. The van der Waals surface area contributed by atoms with Gasteiger partial charge in [-0.2, -0.15) is 0 Å². The molecule has 0 spiro atoms. The molecular weight excluding hydrogens is 368 g/mol. The zero-order valence-corrected chi connectivity index (χ0v) is 16.7. The summed E-state index contributed by atoms with van der Waals surface area (Å²) in [7, 11) is -1.37. The molecule has 0 bridgehead atoms. The molecule has 1 amide bonds. The van der Waals surface area contributed by atoms with E-state index in [2.05, 4.69) is 11.1 Å². The van der Waals surface area contributed by atoms with Crippen molar-refractivity contribution in [2.75, 3.05) is 18.6 Å². The van der Waals surface area contributed by atoms with Gasteiger partial charge in [-0.15, -0.1) is 0 Å². The van der Waals surface area contributed by atoms with Crippen molar-refractivity contribution in [1.82, 2.24) is 9.88 Å². The van der Waals surface area contributed by atoms with Crippen LogP contribution in [0, 0.1) is 13.8 Å². The molecule has 1 unspecified atom stereocenters. The van der Waals surface area contributed by atoms with Crippen molar-refractivity contribution in [2.45, 2.75) is 36.2 Å². The maximum Gasteiger partial charge on any atom is 0.256 e. The molecule has 2 heterocycles. The molecule has 0 aliphatic carbocycles. The number of hydrogen-bond donors (Lipinski definition) is 0. The number of carbonyl (C=O) groups is 1. The Bertz CT molecular complexity index is 942. The molecule has 0 N–H and O–H groups in total. The minimum atomic E-state index is -3.04. The molecule has 0 radical (unpaired) electrons. The monoisotopic (exact) mass is 390 g/mol. The Kier molecular flexibility index (Phi) is 5.39. The minimum absolute atomic E-state index is 0.0368. The third kappa shape index (κ3) is 4.10. The van der Waals surface area contributed by atoms with E-state index in [1.165, 1.54) is 17.3 Å². The molecule has 0 saturated carbocycles. The van der Waals surface area contributed by atoms with E-state index in [1.807, 2.05) is 26.0 Å². The fourth-order valence-corrected chi connectivity index (χ4v) is 5.81. The van der Waals surface area contributed by atoms with Crippen LogP contribution < -0.4 is 0 Å². The Morgan fingerprint density at radius 1 is 1.27 bits per heavy atom. The number of hydrogen-bond acceptors (Lipinski definition) is 5. The van der Waals surface area contributed by atoms with Crippen LogP contribution >= 0.6 is 11.8 Å². The summed E-state index contributed by atoms with van der Waals surface area (Å²) in [5.74, 6) is -0.00545. The Labute approximate surface area is 158 Å². The molecule has 1 aromatic carbocycles. The quantitative estimate of drug-likeness (QED) is 0.802. The lowest BCUT2D eigenvalue weighted by Gasteiger charge is -2.24. The number of sulfone groups is 1. The Morgan fingerprint density at radius 3 is 2.69 bits per heavy atom. The smallest absolute Gasteiger partial charge is 0.256 e. The van der Waals surface area contributed by atoms with Gasteiger partial charge in [-0.3, -0.25) is 4.79 Å². The first-order valence-electron chi connectivity index (χ1n) is 8.44. The molecule has 1 aliphatic heterocycles. The van der Waals surface area contributed by atoms with Crippen molar-refractivity contribution in [3.05, 3.63) is 53.2 Å². The van der Waals surface area contributed by atoms with Crippen LogP contribution in [0.4, 0.5) is 0 Å². The van der Waals surface area contributed by atoms with Crippen LogP contribution in [0.15, 0.2) is 46.5 Å². The first-order chi connectivity index (χ1) is 12.3. The summed E-state index contributed by atoms with van der Waals surface area (Å²) < 4.78 is 23.4. The second kappa shape index (κ2) is 7.40. The third-order valence-electron chi connectivity index (χ3n) is 4.62. The van der Waals surface area contributed by atoms with Crippen molar-refractivity contribution >= 4 is 27.5 Å². The van der Waals surface area contributed by atoms with E-state index in [1.54, 1.807) is 30.3 Å². The van der Waals surface area contributed by atoms with E-state index < -0.39 is 9.84 Å². The summed E-state index contributed by atoms with van der Waals surface area (Å²) >= 11 is 1.46. The van der Waals surface area contributed by atoms with Gasteiger partial charge < -0.3 is 4.90 Å². The van der Waals surface area contributed by atoms with E-state index in [4.69, 9.17) is 0 Å². The van der Waals surface area contributed by atoms with E-state index in [9.17, 15) is 13.2 Å². The Hall–Kier alpha value is -1.86. The van der Waals surface area contributed by atoms with Gasteiger partial charge in [-0.1, -0.05) is 29.5 Å². The Morgan fingerprint density at radius 2 is 2.04 bits per heavy atom. The molecular formula is C19H22N2O3S2. The summed E-state index contributed by atoms with van der Waals surface area (Å²) in [6.07, 6.45) is 2.16. The van der Waals surface area contributed by atoms with Crippen molar-refractivity contribution in [2.24, 2.45) is 0 Å². The summed E-state index contributed by atoms with van der Waals surface area (Å²) in [6.45, 7) is 4.08. The topological polar surface area (TPSA) is 67.3 Å². The first-order valence-corrected chi connectivity index (χ1v) is 11.1. The fraction of sp³-hybridized carbons (Fsp3) is 0.368. The third-order valence-corrected chi connectivity index (χ3v) is 7.56. The van der Waals surface area contributed by atoms with Crippen LogP contribution in [0.1, 0.15) is 27.9 Å². The summed E-state index contributed by atoms with van der Waals surface area (Å²) in [5, 5.41) is 0.636. The van der Waals surface area contributed by atoms with Crippen molar-refractivity contribution in [3.8, 4) is 0 Å². The van der Waals surface area contributed by atoms with Crippen molar-refractivity contribution < 1.29 is 13.2 Å². The highest BCUT2D eigenvalue weighted by Crippen LogP contribution is 2.32. The maximum absolute atomic E-state index is 13.0. The van der Waals surface area contributed by atoms with Crippen LogP contribution in [0.25, 0.3) is 0 Å².